The van der Waals surface area contributed by atoms with Gasteiger partial charge in [-0.15, -0.1) is 0 Å². The fourth-order valence-corrected chi connectivity index (χ4v) is 2.98. The van der Waals surface area contributed by atoms with Crippen LogP contribution in [0.1, 0.15) is 52.1 Å². The Morgan fingerprint density at radius 3 is 2.33 bits per heavy atom. The van der Waals surface area contributed by atoms with Crippen LogP contribution in [0.15, 0.2) is 30.3 Å². The van der Waals surface area contributed by atoms with E-state index in [0.717, 1.165) is 12.8 Å². The first-order chi connectivity index (χ1) is 8.46. The Kier molecular flexibility index (Phi) is 3.79. The van der Waals surface area contributed by atoms with Crippen LogP contribution in [0, 0.1) is 0 Å². The molecule has 0 radical (unpaired) electrons. The van der Waals surface area contributed by atoms with Crippen molar-refractivity contribution in [3.63, 3.8) is 0 Å². The Hall–Kier alpha value is -0.860. The van der Waals surface area contributed by atoms with Crippen LogP contribution in [0.25, 0.3) is 0 Å². The third-order valence-electron chi connectivity index (χ3n) is 3.75. The van der Waals surface area contributed by atoms with E-state index in [-0.39, 0.29) is 17.7 Å². The molecule has 1 heterocycles. The van der Waals surface area contributed by atoms with Crippen molar-refractivity contribution in [2.24, 2.45) is 0 Å². The molecule has 0 spiro atoms. The lowest BCUT2D eigenvalue weighted by Crippen LogP contribution is -2.31. The van der Waals surface area contributed by atoms with Crippen LogP contribution >= 0.6 is 0 Å². The molecule has 1 aromatic carbocycles. The highest BCUT2D eigenvalue weighted by molar-refractivity contribution is 5.29. The molecular weight excluding hydrogens is 222 g/mol. The molecule has 1 N–H and O–H groups in total. The number of hydrogen-bond donors (Lipinski definition) is 1. The second-order valence-electron chi connectivity index (χ2n) is 6.28. The first-order valence-electron chi connectivity index (χ1n) is 6.98. The molecule has 1 aromatic rings. The van der Waals surface area contributed by atoms with Gasteiger partial charge in [-0.2, -0.15) is 0 Å². The van der Waals surface area contributed by atoms with E-state index < -0.39 is 0 Å². The predicted octanol–water partition coefficient (Wildman–Crippen LogP) is 3.37. The highest BCUT2D eigenvalue weighted by atomic mass is 16.3. The van der Waals surface area contributed by atoms with Gasteiger partial charge in [0.15, 0.2) is 0 Å². The lowest BCUT2D eigenvalue weighted by molar-refractivity contribution is 0.127. The minimum absolute atomic E-state index is 0.111. The van der Waals surface area contributed by atoms with Gasteiger partial charge < -0.3 is 5.11 Å². The van der Waals surface area contributed by atoms with E-state index in [9.17, 15) is 5.11 Å². The van der Waals surface area contributed by atoms with E-state index in [2.05, 4.69) is 56.9 Å². The summed E-state index contributed by atoms with van der Waals surface area (Å²) in [6.45, 7) is 8.80. The number of rotatable bonds is 4. The van der Waals surface area contributed by atoms with E-state index in [0.29, 0.717) is 6.04 Å². The summed E-state index contributed by atoms with van der Waals surface area (Å²) < 4.78 is 0. The molecule has 0 bridgehead atoms. The summed E-state index contributed by atoms with van der Waals surface area (Å²) in [5, 5.41) is 10.3. The number of hydrogen-bond acceptors (Lipinski definition) is 2. The molecule has 0 aromatic heterocycles. The van der Waals surface area contributed by atoms with E-state index >= 15 is 0 Å². The van der Waals surface area contributed by atoms with Gasteiger partial charge in [-0.05, 0) is 32.8 Å². The molecule has 1 unspecified atom stereocenters. The second-order valence-corrected chi connectivity index (χ2v) is 6.28. The molecule has 2 nitrogen and oxygen atoms in total. The first-order valence-corrected chi connectivity index (χ1v) is 6.98. The van der Waals surface area contributed by atoms with E-state index in [1.807, 2.05) is 6.07 Å². The van der Waals surface area contributed by atoms with Crippen molar-refractivity contribution < 1.29 is 5.11 Å². The van der Waals surface area contributed by atoms with E-state index in [1.165, 1.54) is 5.56 Å². The normalized spacial score (nSPS) is 29.1. The van der Waals surface area contributed by atoms with Gasteiger partial charge in [0.05, 0.1) is 18.2 Å². The molecular formula is C16H25NO. The van der Waals surface area contributed by atoms with Gasteiger partial charge in [0.25, 0.3) is 0 Å². The number of nitrogens with zero attached hydrogens (tertiary/aromatic N) is 1. The Labute approximate surface area is 111 Å². The summed E-state index contributed by atoms with van der Waals surface area (Å²) in [6.07, 6.45) is 1.72. The van der Waals surface area contributed by atoms with Gasteiger partial charge in [-0.25, -0.2) is 0 Å². The van der Waals surface area contributed by atoms with Gasteiger partial charge in [0, 0.05) is 5.54 Å². The minimum atomic E-state index is -0.209. The van der Waals surface area contributed by atoms with Gasteiger partial charge in [-0.3, -0.25) is 4.90 Å². The van der Waals surface area contributed by atoms with Crippen molar-refractivity contribution in [1.82, 2.24) is 4.90 Å². The molecule has 0 saturated carbocycles. The van der Waals surface area contributed by atoms with Crippen LogP contribution in [0.4, 0.5) is 0 Å². The summed E-state index contributed by atoms with van der Waals surface area (Å²) >= 11 is 0. The fourth-order valence-electron chi connectivity index (χ4n) is 2.98. The summed E-state index contributed by atoms with van der Waals surface area (Å²) in [5.41, 5.74) is 1.44. The third kappa shape index (κ3) is 2.60. The van der Waals surface area contributed by atoms with Crippen LogP contribution in [-0.4, -0.2) is 27.7 Å². The highest BCUT2D eigenvalue weighted by Gasteiger charge is 2.56. The van der Waals surface area contributed by atoms with Crippen molar-refractivity contribution in [3.05, 3.63) is 35.9 Å². The maximum Gasteiger partial charge on any atom is 0.0714 e. The van der Waals surface area contributed by atoms with E-state index in [4.69, 9.17) is 0 Å². The average molecular weight is 247 g/mol. The first kappa shape index (κ1) is 13.6. The van der Waals surface area contributed by atoms with Crippen molar-refractivity contribution in [2.75, 3.05) is 0 Å². The standard InChI is InChI=1S/C16H25NO/c1-5-9-13(18)15-14(17(15)16(2,3)4)12-10-7-6-8-11-12/h6-8,10-11,13-15,18H,5,9H2,1-4H3/t13-,14+,15-,17?/m1/s1. The van der Waals surface area contributed by atoms with Crippen molar-refractivity contribution in [3.8, 4) is 0 Å². The van der Waals surface area contributed by atoms with Crippen LogP contribution in [-0.2, 0) is 0 Å². The highest BCUT2D eigenvalue weighted by Crippen LogP contribution is 2.50. The Balaban J connectivity index is 2.19. The quantitative estimate of drug-likeness (QED) is 0.824. The predicted molar refractivity (Wildman–Crippen MR) is 75.5 cm³/mol. The third-order valence-corrected chi connectivity index (χ3v) is 3.75. The number of benzene rings is 1. The van der Waals surface area contributed by atoms with Gasteiger partial charge in [0.1, 0.15) is 0 Å². The zero-order valence-corrected chi connectivity index (χ0v) is 11.9. The summed E-state index contributed by atoms with van der Waals surface area (Å²) in [4.78, 5) is 2.43. The number of aliphatic hydroxyl groups excluding tert-OH is 1. The zero-order valence-electron chi connectivity index (χ0n) is 11.9. The number of aliphatic hydroxyl groups is 1. The largest absolute Gasteiger partial charge is 0.391 e. The molecule has 18 heavy (non-hydrogen) atoms. The lowest BCUT2D eigenvalue weighted by Gasteiger charge is -2.23. The van der Waals surface area contributed by atoms with Crippen LogP contribution in [0.3, 0.4) is 0 Å². The maximum atomic E-state index is 10.3. The molecule has 0 aliphatic carbocycles. The Bertz CT molecular complexity index is 382. The monoisotopic (exact) mass is 247 g/mol. The summed E-state index contributed by atoms with van der Waals surface area (Å²) in [6, 6.07) is 11.2. The molecule has 4 atom stereocenters. The Morgan fingerprint density at radius 1 is 1.22 bits per heavy atom. The fraction of sp³-hybridized carbons (Fsp3) is 0.625. The van der Waals surface area contributed by atoms with Crippen LogP contribution < -0.4 is 0 Å². The smallest absolute Gasteiger partial charge is 0.0714 e. The summed E-state index contributed by atoms with van der Waals surface area (Å²) in [5.74, 6) is 0. The lowest BCUT2D eigenvalue weighted by atomic mass is 10.0. The minimum Gasteiger partial charge on any atom is -0.391 e. The maximum absolute atomic E-state index is 10.3. The van der Waals surface area contributed by atoms with Crippen molar-refractivity contribution >= 4 is 0 Å². The molecule has 1 fully saturated rings. The van der Waals surface area contributed by atoms with Gasteiger partial charge in [-0.1, -0.05) is 43.7 Å². The van der Waals surface area contributed by atoms with Crippen molar-refractivity contribution in [1.29, 1.82) is 0 Å². The molecule has 1 aliphatic rings. The van der Waals surface area contributed by atoms with Gasteiger partial charge >= 0.3 is 0 Å². The average Bonchev–Trinajstić information content (AvgIpc) is 3.05. The topological polar surface area (TPSA) is 23.2 Å². The molecule has 100 valence electrons. The van der Waals surface area contributed by atoms with Crippen molar-refractivity contribution in [2.45, 2.75) is 64.3 Å². The second kappa shape index (κ2) is 5.02. The molecule has 2 heteroatoms. The summed E-state index contributed by atoms with van der Waals surface area (Å²) in [7, 11) is 0. The van der Waals surface area contributed by atoms with Gasteiger partial charge in [0.2, 0.25) is 0 Å². The molecule has 1 aliphatic heterocycles. The SMILES string of the molecule is CCC[C@@H](O)[C@@H]1[C@H](c2ccccc2)N1C(C)(C)C. The Morgan fingerprint density at radius 2 is 1.83 bits per heavy atom. The van der Waals surface area contributed by atoms with Crippen LogP contribution in [0.2, 0.25) is 0 Å². The molecule has 0 amide bonds. The van der Waals surface area contributed by atoms with E-state index in [1.54, 1.807) is 0 Å². The van der Waals surface area contributed by atoms with Crippen LogP contribution in [0.5, 0.6) is 0 Å². The molecule has 1 saturated heterocycles. The zero-order chi connectivity index (χ0) is 13.3. The molecule has 2 rings (SSSR count).